The second-order valence-corrected chi connectivity index (χ2v) is 44.1. The molecule has 1 spiro atoms. The highest BCUT2D eigenvalue weighted by Crippen LogP contribution is 2.54. The van der Waals surface area contributed by atoms with E-state index >= 15 is 0 Å². The van der Waals surface area contributed by atoms with Crippen LogP contribution in [0, 0.1) is 19.3 Å². The Morgan fingerprint density at radius 1 is 0.324 bits per heavy atom. The second-order valence-electron chi connectivity index (χ2n) is 39.6. The monoisotopic (exact) mass is 1980 g/mol. The first kappa shape index (κ1) is 95.9. The van der Waals surface area contributed by atoms with Crippen LogP contribution in [0.5, 0.6) is 5.88 Å². The van der Waals surface area contributed by atoms with E-state index in [0.717, 1.165) is 334 Å². The number of ether oxygens (including phenoxy) is 7. The van der Waals surface area contributed by atoms with Gasteiger partial charge in [0.15, 0.2) is 42.3 Å². The van der Waals surface area contributed by atoms with Crippen LogP contribution in [-0.2, 0) is 48.3 Å². The molecule has 0 aromatic carbocycles. The molecule has 24 rings (SSSR count). The molecular weight excluding hydrogens is 1840 g/mol. The minimum Gasteiger partial charge on any atom is -0.473 e. The number of hydrogen-bond acceptors (Lipinski definition) is 38. The molecule has 0 radical (unpaired) electrons. The Hall–Kier alpha value is -9.28. The van der Waals surface area contributed by atoms with Crippen LogP contribution >= 0.6 is 45.3 Å². The minimum atomic E-state index is 0.149. The summed E-state index contributed by atoms with van der Waals surface area (Å²) >= 11 is 6.48. The highest BCUT2D eigenvalue weighted by atomic mass is 32.1. The Kier molecular flexibility index (Phi) is 31.1. The van der Waals surface area contributed by atoms with Crippen LogP contribution in [0.2, 0.25) is 0 Å². The molecule has 0 unspecified atom stereocenters. The molecule has 0 amide bonds. The zero-order valence-electron chi connectivity index (χ0n) is 81.1. The van der Waals surface area contributed by atoms with Crippen molar-refractivity contribution >= 4 is 151 Å². The number of thiazole rings is 4. The van der Waals surface area contributed by atoms with E-state index in [-0.39, 0.29) is 6.10 Å². The summed E-state index contributed by atoms with van der Waals surface area (Å²) < 4.78 is 47.4. The zero-order chi connectivity index (χ0) is 94.0. The molecule has 7 saturated heterocycles. The molecule has 746 valence electrons. The van der Waals surface area contributed by atoms with Crippen LogP contribution in [0.4, 0.5) is 64.0 Å². The molecule has 7 N–H and O–H groups in total. The smallest absolute Gasteiger partial charge is 0.246 e. The number of nitrogens with zero attached hydrogens (tertiary/aromatic N) is 24. The summed E-state index contributed by atoms with van der Waals surface area (Å²) in [6.45, 7) is 27.2. The van der Waals surface area contributed by atoms with Crippen molar-refractivity contribution in [3.8, 4) is 5.88 Å². The molecule has 12 aliphatic rings. The van der Waals surface area contributed by atoms with Crippen molar-refractivity contribution < 1.29 is 33.2 Å². The number of fused-ring (bicyclic) bond motifs is 4. The summed E-state index contributed by atoms with van der Waals surface area (Å²) in [6, 6.07) is 5.14. The largest absolute Gasteiger partial charge is 0.473 e. The summed E-state index contributed by atoms with van der Waals surface area (Å²) in [5.74, 6) is 5.39. The van der Waals surface area contributed by atoms with Gasteiger partial charge in [-0.2, -0.15) is 60.3 Å². The number of hydrogen-bond donors (Lipinski definition) is 7. The van der Waals surface area contributed by atoms with Crippen LogP contribution in [0.3, 0.4) is 0 Å². The lowest BCUT2D eigenvalue weighted by Gasteiger charge is -2.41. The lowest BCUT2D eigenvalue weighted by molar-refractivity contribution is -0.00126. The number of aromatic nitrogens is 20. The van der Waals surface area contributed by atoms with E-state index in [1.807, 2.05) is 67.4 Å². The second kappa shape index (κ2) is 45.1. The van der Waals surface area contributed by atoms with Crippen molar-refractivity contribution in [2.24, 2.45) is 12.5 Å². The van der Waals surface area contributed by atoms with Crippen molar-refractivity contribution in [1.82, 2.24) is 119 Å². The van der Waals surface area contributed by atoms with Gasteiger partial charge in [0.25, 0.3) is 0 Å². The van der Waals surface area contributed by atoms with E-state index in [9.17, 15) is 0 Å². The van der Waals surface area contributed by atoms with Gasteiger partial charge in [-0.3, -0.25) is 33.4 Å². The average Bonchev–Trinajstić information content (AvgIpc) is 1.63. The van der Waals surface area contributed by atoms with Gasteiger partial charge >= 0.3 is 0 Å². The minimum absolute atomic E-state index is 0.149. The number of aryl methyl sites for hydroxylation is 5. The standard InChI is InChI=1S/C28H40N8OS.C25H35N7O3S.C24H34N8O2S.C20H28N8OS/c1-2-23-32-24-25(30-19-3-5-21(6-4-19)35-13-11-28(9-10-28)12-14-35)33-27(34-26(24)38-23)31-20-17-29-36(18-20)22-7-15-37-16-8-22;1-2-21-28-22-23(35-20-5-3-18(4-6-20)31-9-13-34-14-10-31)29-25(30-24(22)36-21)27-17-15-26-32(16-17)19-7-11-33-12-8-19;1-16-26-21-22(27-17-2-4-19(5-3-17)31-8-12-34-13-9-31)29-24(30-23(21)35-16)28-18-14-25-32(15-18)20-6-10-33-11-7-20;1-13-22-17-18(23-14-3-5-16(6-4-14)28-7-9-29-10-8-28)25-20(26-19(17)30-13)24-15-11-21-27(2)12-15/h17-19,21-22H,2-16H2,1H3,(H2,30,31,33,34);15-16,18-20H,2-14H2,1H3,(H,27,29,30);14-15,17,19-20H,2-13H2,1H3,(H2,27,28,29,30);11-12,14,16H,3-10H2,1-2H3,(H2,23,24,25,26). The first-order valence-electron chi connectivity index (χ1n) is 51.5. The Morgan fingerprint density at radius 3 is 1.00 bits per heavy atom. The molecule has 42 heteroatoms. The Labute approximate surface area is 828 Å². The normalized spacial score (nSPS) is 24.6. The van der Waals surface area contributed by atoms with Gasteiger partial charge < -0.3 is 75.3 Å². The fourth-order valence-electron chi connectivity index (χ4n) is 22.0. The fraction of sp³-hybridized carbons (Fsp3) is 0.670. The molecule has 0 atom stereocenters. The number of nitrogens with one attached hydrogen (secondary N) is 7. The molecule has 5 saturated carbocycles. The predicted octanol–water partition coefficient (Wildman–Crippen LogP) is 16.2. The maximum Gasteiger partial charge on any atom is 0.246 e. The van der Waals surface area contributed by atoms with Gasteiger partial charge in [0.2, 0.25) is 29.7 Å². The molecule has 5 aliphatic carbocycles. The van der Waals surface area contributed by atoms with Crippen LogP contribution in [0.15, 0.2) is 49.6 Å². The van der Waals surface area contributed by atoms with Crippen molar-refractivity contribution in [3.05, 3.63) is 69.6 Å². The predicted molar refractivity (Wildman–Crippen MR) is 545 cm³/mol. The third-order valence-electron chi connectivity index (χ3n) is 30.2. The molecule has 19 heterocycles. The van der Waals surface area contributed by atoms with Crippen LogP contribution < -0.4 is 42.0 Å². The van der Waals surface area contributed by atoms with Crippen molar-refractivity contribution in [3.63, 3.8) is 0 Å². The van der Waals surface area contributed by atoms with Gasteiger partial charge in [-0.05, 0) is 212 Å². The summed E-state index contributed by atoms with van der Waals surface area (Å²) in [6.07, 6.45) is 47.7. The van der Waals surface area contributed by atoms with Gasteiger partial charge in [-0.25, -0.2) is 19.9 Å². The zero-order valence-corrected chi connectivity index (χ0v) is 84.4. The van der Waals surface area contributed by atoms with Crippen molar-refractivity contribution in [2.75, 3.05) is 169 Å². The van der Waals surface area contributed by atoms with Crippen molar-refractivity contribution in [1.29, 1.82) is 0 Å². The molecule has 12 aromatic heterocycles. The topological polar surface area (TPSA) is 388 Å². The maximum absolute atomic E-state index is 6.52. The first-order chi connectivity index (χ1) is 68.3. The SMILES string of the molecule is CCc1nc2c(NC3CCC(N4CCC5(CC4)CC5)CC3)nc(Nc3cnn(C4CCOCC4)c3)nc2s1.CCc1nc2c(OC3CCC(N4CCOCC4)CC3)nc(Nc3cnn(C4CCOCC4)c3)nc2s1.Cc1nc2c(NC3CCC(N4CCOCC4)CC3)nc(Nc3cnn(C)c3)nc2s1.Cc1nc2c(NC3CCC(N4CCOCC4)CC3)nc(Nc3cnn(C4CCOCC4)c3)nc2s1. The quantitative estimate of drug-likeness (QED) is 0.0279. The molecule has 12 aromatic rings. The third kappa shape index (κ3) is 24.3. The third-order valence-corrected chi connectivity index (χ3v) is 34.1. The van der Waals surface area contributed by atoms with E-state index in [2.05, 4.69) is 112 Å². The van der Waals surface area contributed by atoms with E-state index in [1.165, 1.54) is 90.1 Å². The number of anilines is 11. The highest BCUT2D eigenvalue weighted by molar-refractivity contribution is 7.19. The van der Waals surface area contributed by atoms with Crippen molar-refractivity contribution in [2.45, 2.75) is 274 Å². The molecule has 7 aliphatic heterocycles. The van der Waals surface area contributed by atoms with Gasteiger partial charge in [-0.15, -0.1) is 0 Å². The highest BCUT2D eigenvalue weighted by Gasteiger charge is 2.46. The summed E-state index contributed by atoms with van der Waals surface area (Å²) in [7, 11) is 1.89. The van der Waals surface area contributed by atoms with Gasteiger partial charge in [0.05, 0.1) is 125 Å². The molecule has 38 nitrogen and oxygen atoms in total. The van der Waals surface area contributed by atoms with Gasteiger partial charge in [-0.1, -0.05) is 59.2 Å². The number of likely N-dealkylation sites (tertiary alicyclic amines) is 1. The maximum atomic E-state index is 6.52. The molecule has 0 bridgehead atoms. The van der Waals surface area contributed by atoms with E-state index in [4.69, 9.17) is 83.0 Å². The van der Waals surface area contributed by atoms with Gasteiger partial charge in [0, 0.05) is 153 Å². The molecule has 12 fully saturated rings. The Bertz CT molecular complexity index is 5960. The molecular formula is C97H137N31O7S4. The van der Waals surface area contributed by atoms with Crippen LogP contribution in [0.1, 0.15) is 219 Å². The summed E-state index contributed by atoms with van der Waals surface area (Å²) in [5, 5.41) is 46.7. The van der Waals surface area contributed by atoms with E-state index < -0.39 is 0 Å². The van der Waals surface area contributed by atoms with E-state index in [1.54, 1.807) is 56.2 Å². The van der Waals surface area contributed by atoms with Crippen LogP contribution in [0.25, 0.3) is 41.4 Å². The number of piperidine rings is 1. The fourth-order valence-corrected chi connectivity index (χ4v) is 25.3. The summed E-state index contributed by atoms with van der Waals surface area (Å²) in [5.41, 5.74) is 7.72. The van der Waals surface area contributed by atoms with Gasteiger partial charge in [0.1, 0.15) is 22.7 Å². The first-order valence-corrected chi connectivity index (χ1v) is 54.8. The molecule has 139 heavy (non-hydrogen) atoms. The lowest BCUT2D eigenvalue weighted by Crippen LogP contribution is -2.46. The van der Waals surface area contributed by atoms with Crippen LogP contribution in [-0.4, -0.2) is 299 Å². The average molecular weight is 1980 g/mol. The Morgan fingerprint density at radius 2 is 0.640 bits per heavy atom. The number of rotatable bonds is 25. The Balaban J connectivity index is 0.000000111. The lowest BCUT2D eigenvalue weighted by atomic mass is 9.87. The summed E-state index contributed by atoms with van der Waals surface area (Å²) in [4.78, 5) is 71.6. The number of morpholine rings is 3. The van der Waals surface area contributed by atoms with E-state index in [0.29, 0.717) is 84.0 Å².